The third-order valence-corrected chi connectivity index (χ3v) is 4.92. The molecule has 26 heavy (non-hydrogen) atoms. The van der Waals surface area contributed by atoms with Crippen molar-refractivity contribution in [2.24, 2.45) is 5.41 Å². The Balaban J connectivity index is 1.77. The molecule has 2 aromatic rings. The number of nitrogens with zero attached hydrogens (tertiary/aromatic N) is 2. The van der Waals surface area contributed by atoms with E-state index in [0.29, 0.717) is 13.0 Å². The van der Waals surface area contributed by atoms with Crippen molar-refractivity contribution in [3.05, 3.63) is 58.9 Å². The lowest BCUT2D eigenvalue weighted by atomic mass is 9.85. The molecule has 0 fully saturated rings. The van der Waals surface area contributed by atoms with E-state index < -0.39 is 11.4 Å². The number of fused-ring (bicyclic) bond motifs is 1. The molecule has 0 amide bonds. The molecule has 0 saturated carbocycles. The largest absolute Gasteiger partial charge is 0.490 e. The van der Waals surface area contributed by atoms with Crippen LogP contribution in [-0.2, 0) is 24.3 Å². The van der Waals surface area contributed by atoms with Crippen LogP contribution in [-0.4, -0.2) is 34.1 Å². The van der Waals surface area contributed by atoms with Gasteiger partial charge in [0.15, 0.2) is 0 Å². The van der Waals surface area contributed by atoms with E-state index in [2.05, 4.69) is 28.9 Å². The molecule has 1 aromatic heterocycles. The molecule has 0 saturated heterocycles. The Morgan fingerprint density at radius 2 is 2.15 bits per heavy atom. The molecule has 5 heteroatoms. The molecule has 5 nitrogen and oxygen atoms in total. The predicted molar refractivity (Wildman–Crippen MR) is 100 cm³/mol. The Kier molecular flexibility index (Phi) is 5.28. The van der Waals surface area contributed by atoms with E-state index in [0.717, 1.165) is 36.6 Å². The molecule has 138 valence electrons. The van der Waals surface area contributed by atoms with Crippen LogP contribution in [0.1, 0.15) is 36.2 Å². The van der Waals surface area contributed by atoms with Gasteiger partial charge in [-0.2, -0.15) is 0 Å². The third kappa shape index (κ3) is 4.22. The standard InChI is InChI=1S/C21H26N2O3/c1-15-6-7-16(12-21(2,3)20(24)25)11-17(15)13-23-9-10-26-19-5-4-8-22-18(19)14-23/h4-8,11H,9-10,12-14H2,1-3H3,(H,24,25). The van der Waals surface area contributed by atoms with Crippen LogP contribution in [0.2, 0.25) is 0 Å². The van der Waals surface area contributed by atoms with Gasteiger partial charge in [0.25, 0.3) is 0 Å². The molecule has 1 N–H and O–H groups in total. The Bertz CT molecular complexity index is 802. The molecule has 0 spiro atoms. The number of pyridine rings is 1. The number of rotatable bonds is 5. The van der Waals surface area contributed by atoms with Gasteiger partial charge in [0.05, 0.1) is 11.1 Å². The number of carbonyl (C=O) groups is 1. The summed E-state index contributed by atoms with van der Waals surface area (Å²) in [6.07, 6.45) is 2.31. The van der Waals surface area contributed by atoms with Crippen LogP contribution in [0.5, 0.6) is 5.75 Å². The fraction of sp³-hybridized carbons (Fsp3) is 0.429. The minimum Gasteiger partial charge on any atom is -0.490 e. The molecule has 2 heterocycles. The van der Waals surface area contributed by atoms with E-state index >= 15 is 0 Å². The van der Waals surface area contributed by atoms with Gasteiger partial charge >= 0.3 is 5.97 Å². The van der Waals surface area contributed by atoms with Crippen LogP contribution in [0.15, 0.2) is 36.5 Å². The summed E-state index contributed by atoms with van der Waals surface area (Å²) in [5, 5.41) is 9.38. The van der Waals surface area contributed by atoms with E-state index in [9.17, 15) is 9.90 Å². The monoisotopic (exact) mass is 354 g/mol. The fourth-order valence-electron chi connectivity index (χ4n) is 3.22. The van der Waals surface area contributed by atoms with Crippen molar-refractivity contribution in [1.82, 2.24) is 9.88 Å². The summed E-state index contributed by atoms with van der Waals surface area (Å²) in [4.78, 5) is 18.2. The number of carboxylic acid groups (broad SMARTS) is 1. The lowest BCUT2D eigenvalue weighted by Crippen LogP contribution is -2.27. The topological polar surface area (TPSA) is 62.7 Å². The number of aryl methyl sites for hydroxylation is 1. The summed E-state index contributed by atoms with van der Waals surface area (Å²) in [5.74, 6) is 0.0932. The second-order valence-electron chi connectivity index (χ2n) is 7.63. The van der Waals surface area contributed by atoms with E-state index in [1.165, 1.54) is 11.1 Å². The fourth-order valence-corrected chi connectivity index (χ4v) is 3.22. The van der Waals surface area contributed by atoms with Gasteiger partial charge in [0.1, 0.15) is 12.4 Å². The highest BCUT2D eigenvalue weighted by Crippen LogP contribution is 2.25. The maximum atomic E-state index is 11.4. The average molecular weight is 354 g/mol. The number of aliphatic carboxylic acids is 1. The minimum absolute atomic E-state index is 0.517. The second kappa shape index (κ2) is 7.46. The van der Waals surface area contributed by atoms with E-state index in [-0.39, 0.29) is 0 Å². The van der Waals surface area contributed by atoms with Crippen LogP contribution in [0.4, 0.5) is 0 Å². The quantitative estimate of drug-likeness (QED) is 0.891. The van der Waals surface area contributed by atoms with Gasteiger partial charge in [-0.3, -0.25) is 14.7 Å². The summed E-state index contributed by atoms with van der Waals surface area (Å²) in [7, 11) is 0. The number of aromatic nitrogens is 1. The van der Waals surface area contributed by atoms with Gasteiger partial charge < -0.3 is 9.84 Å². The normalized spacial score (nSPS) is 15.0. The van der Waals surface area contributed by atoms with Gasteiger partial charge in [-0.25, -0.2) is 0 Å². The van der Waals surface area contributed by atoms with Crippen molar-refractivity contribution in [3.8, 4) is 5.75 Å². The maximum Gasteiger partial charge on any atom is 0.309 e. The highest BCUT2D eigenvalue weighted by atomic mass is 16.5. The Hall–Kier alpha value is -2.40. The zero-order valence-corrected chi connectivity index (χ0v) is 15.7. The van der Waals surface area contributed by atoms with E-state index in [1.54, 1.807) is 20.0 Å². The molecular formula is C21H26N2O3. The first-order valence-corrected chi connectivity index (χ1v) is 8.96. The van der Waals surface area contributed by atoms with E-state index in [1.807, 2.05) is 18.2 Å². The lowest BCUT2D eigenvalue weighted by molar-refractivity contribution is -0.146. The molecule has 0 atom stereocenters. The van der Waals surface area contributed by atoms with Crippen molar-refractivity contribution < 1.29 is 14.6 Å². The maximum absolute atomic E-state index is 11.4. The first-order valence-electron chi connectivity index (χ1n) is 8.96. The summed E-state index contributed by atoms with van der Waals surface area (Å²) in [5.41, 5.74) is 3.69. The molecule has 1 aliphatic heterocycles. The number of hydrogen-bond donors (Lipinski definition) is 1. The molecule has 0 bridgehead atoms. The highest BCUT2D eigenvalue weighted by Gasteiger charge is 2.27. The van der Waals surface area contributed by atoms with Crippen molar-refractivity contribution in [2.75, 3.05) is 13.2 Å². The van der Waals surface area contributed by atoms with Gasteiger partial charge in [-0.05, 0) is 56.0 Å². The number of carboxylic acids is 1. The van der Waals surface area contributed by atoms with Crippen molar-refractivity contribution in [3.63, 3.8) is 0 Å². The second-order valence-corrected chi connectivity index (χ2v) is 7.63. The zero-order valence-electron chi connectivity index (χ0n) is 15.7. The van der Waals surface area contributed by atoms with Crippen LogP contribution in [0.25, 0.3) is 0 Å². The SMILES string of the molecule is Cc1ccc(CC(C)(C)C(=O)O)cc1CN1CCOc2cccnc2C1. The molecule has 0 aliphatic carbocycles. The first-order chi connectivity index (χ1) is 12.3. The van der Waals surface area contributed by atoms with Crippen molar-refractivity contribution in [2.45, 2.75) is 40.3 Å². The highest BCUT2D eigenvalue weighted by molar-refractivity contribution is 5.74. The van der Waals surface area contributed by atoms with E-state index in [4.69, 9.17) is 4.74 Å². The summed E-state index contributed by atoms with van der Waals surface area (Å²) >= 11 is 0. The molecule has 0 unspecified atom stereocenters. The van der Waals surface area contributed by atoms with Gasteiger partial charge in [0, 0.05) is 25.8 Å². The summed E-state index contributed by atoms with van der Waals surface area (Å²) in [6.45, 7) is 8.66. The Morgan fingerprint density at radius 3 is 2.92 bits per heavy atom. The molecule has 1 aromatic carbocycles. The Labute approximate surface area is 154 Å². The summed E-state index contributed by atoms with van der Waals surface area (Å²) in [6, 6.07) is 10.1. The lowest BCUT2D eigenvalue weighted by Gasteiger charge is -2.22. The van der Waals surface area contributed by atoms with Crippen LogP contribution >= 0.6 is 0 Å². The van der Waals surface area contributed by atoms with Gasteiger partial charge in [-0.15, -0.1) is 0 Å². The zero-order chi connectivity index (χ0) is 18.7. The predicted octanol–water partition coefficient (Wildman–Crippen LogP) is 3.44. The third-order valence-electron chi connectivity index (χ3n) is 4.92. The van der Waals surface area contributed by atoms with Crippen LogP contribution in [0, 0.1) is 12.3 Å². The molecule has 0 radical (unpaired) electrons. The van der Waals surface area contributed by atoms with Gasteiger partial charge in [-0.1, -0.05) is 18.2 Å². The molecule has 1 aliphatic rings. The van der Waals surface area contributed by atoms with Crippen molar-refractivity contribution >= 4 is 5.97 Å². The summed E-state index contributed by atoms with van der Waals surface area (Å²) < 4.78 is 5.79. The Morgan fingerprint density at radius 1 is 1.35 bits per heavy atom. The number of hydrogen-bond acceptors (Lipinski definition) is 4. The average Bonchev–Trinajstić information content (AvgIpc) is 2.79. The van der Waals surface area contributed by atoms with Gasteiger partial charge in [0.2, 0.25) is 0 Å². The molecule has 3 rings (SSSR count). The number of ether oxygens (including phenoxy) is 1. The molecular weight excluding hydrogens is 328 g/mol. The van der Waals surface area contributed by atoms with Crippen LogP contribution in [0.3, 0.4) is 0 Å². The number of benzene rings is 1. The first kappa shape index (κ1) is 18.4. The van der Waals surface area contributed by atoms with Crippen molar-refractivity contribution in [1.29, 1.82) is 0 Å². The smallest absolute Gasteiger partial charge is 0.309 e. The van der Waals surface area contributed by atoms with Crippen LogP contribution < -0.4 is 4.74 Å². The minimum atomic E-state index is -0.772.